The van der Waals surface area contributed by atoms with E-state index in [-0.39, 0.29) is 12.5 Å². The van der Waals surface area contributed by atoms with Gasteiger partial charge in [0.1, 0.15) is 11.5 Å². The van der Waals surface area contributed by atoms with Crippen LogP contribution in [0.1, 0.15) is 16.9 Å². The van der Waals surface area contributed by atoms with Crippen LogP contribution in [0.4, 0.5) is 5.69 Å². The summed E-state index contributed by atoms with van der Waals surface area (Å²) in [6.07, 6.45) is 5.84. The van der Waals surface area contributed by atoms with E-state index in [0.717, 1.165) is 16.8 Å². The molecule has 3 aromatic rings. The molecule has 1 aromatic heterocycles. The van der Waals surface area contributed by atoms with Crippen LogP contribution in [0.2, 0.25) is 0 Å². The average molecular weight is 403 g/mol. The molecule has 0 fully saturated rings. The summed E-state index contributed by atoms with van der Waals surface area (Å²) >= 11 is 0. The van der Waals surface area contributed by atoms with Crippen LogP contribution < -0.4 is 15.5 Å². The molecule has 0 radical (unpaired) electrons. The minimum atomic E-state index is -0.513. The normalized spacial score (nSPS) is 11.0. The molecule has 2 N–H and O–H groups in total. The van der Waals surface area contributed by atoms with Gasteiger partial charge in [0.2, 0.25) is 0 Å². The van der Waals surface area contributed by atoms with Crippen molar-refractivity contribution in [1.29, 1.82) is 0 Å². The number of benzene rings is 2. The van der Waals surface area contributed by atoms with Crippen molar-refractivity contribution in [1.82, 2.24) is 5.43 Å². The van der Waals surface area contributed by atoms with Crippen molar-refractivity contribution in [3.63, 3.8) is 0 Å². The molecule has 1 heterocycles. The molecule has 30 heavy (non-hydrogen) atoms. The zero-order chi connectivity index (χ0) is 21.2. The van der Waals surface area contributed by atoms with Gasteiger partial charge in [-0.1, -0.05) is 17.7 Å². The topological polar surface area (TPSA) is 92.9 Å². The van der Waals surface area contributed by atoms with E-state index in [1.54, 1.807) is 36.4 Å². The maximum Gasteiger partial charge on any atom is 0.336 e. The Morgan fingerprint density at radius 2 is 1.83 bits per heavy atom. The summed E-state index contributed by atoms with van der Waals surface area (Å²) in [5.41, 5.74) is 5.22. The predicted molar refractivity (Wildman–Crippen MR) is 115 cm³/mol. The first-order valence-electron chi connectivity index (χ1n) is 9.24. The lowest BCUT2D eigenvalue weighted by atomic mass is 10.2. The number of rotatable bonds is 8. The van der Waals surface area contributed by atoms with Crippen molar-refractivity contribution in [2.45, 2.75) is 6.92 Å². The molecular formula is C23H21N3O4. The maximum absolute atomic E-state index is 11.8. The minimum absolute atomic E-state index is 0.112. The second-order valence-electron chi connectivity index (χ2n) is 6.35. The summed E-state index contributed by atoms with van der Waals surface area (Å²) in [6.45, 7) is 2.11. The van der Waals surface area contributed by atoms with Crippen LogP contribution >= 0.6 is 0 Å². The highest BCUT2D eigenvalue weighted by atomic mass is 16.5. The van der Waals surface area contributed by atoms with Gasteiger partial charge >= 0.3 is 5.97 Å². The summed E-state index contributed by atoms with van der Waals surface area (Å²) in [6, 6.07) is 17.9. The fraction of sp³-hybridized carbons (Fsp3) is 0.0870. The maximum atomic E-state index is 11.8. The zero-order valence-electron chi connectivity index (χ0n) is 16.4. The lowest BCUT2D eigenvalue weighted by molar-refractivity contribution is -0.129. The Bertz CT molecular complexity index is 1020. The number of aryl methyl sites for hydroxylation is 1. The molecule has 0 bridgehead atoms. The fourth-order valence-electron chi connectivity index (χ4n) is 2.38. The Labute approximate surface area is 174 Å². The number of hydrazone groups is 1. The predicted octanol–water partition coefficient (Wildman–Crippen LogP) is 3.77. The van der Waals surface area contributed by atoms with Crippen LogP contribution in [0.3, 0.4) is 0 Å². The standard InChI is InChI=1S/C23H21N3O4/c1-17-4-8-19(9-5-17)24-16-22(27)26-25-15-18-6-10-21(11-7-18)30-23(28)13-12-20-3-2-14-29-20/h2-15,24H,16H2,1H3,(H,26,27)/b13-12-,25-15+. The van der Waals surface area contributed by atoms with Gasteiger partial charge in [-0.2, -0.15) is 5.10 Å². The SMILES string of the molecule is Cc1ccc(NCC(=O)N/N=C/c2ccc(OC(=O)/C=C\c3ccco3)cc2)cc1. The number of hydrogen-bond acceptors (Lipinski definition) is 6. The third-order valence-corrected chi connectivity index (χ3v) is 3.93. The van der Waals surface area contributed by atoms with Gasteiger partial charge in [-0.05, 0) is 67.1 Å². The quantitative estimate of drug-likeness (QED) is 0.196. The van der Waals surface area contributed by atoms with Crippen LogP contribution in [0.5, 0.6) is 5.75 Å². The smallest absolute Gasteiger partial charge is 0.336 e. The zero-order valence-corrected chi connectivity index (χ0v) is 16.4. The van der Waals surface area contributed by atoms with Gasteiger partial charge in [-0.15, -0.1) is 0 Å². The Morgan fingerprint density at radius 1 is 1.07 bits per heavy atom. The molecule has 0 spiro atoms. The number of amides is 1. The summed E-state index contributed by atoms with van der Waals surface area (Å²) < 4.78 is 10.3. The van der Waals surface area contributed by atoms with Gasteiger partial charge in [0.15, 0.2) is 0 Å². The number of anilines is 1. The van der Waals surface area contributed by atoms with Crippen LogP contribution in [0, 0.1) is 6.92 Å². The number of carbonyl (C=O) groups is 2. The van der Waals surface area contributed by atoms with Crippen molar-refractivity contribution in [2.24, 2.45) is 5.10 Å². The van der Waals surface area contributed by atoms with E-state index in [0.29, 0.717) is 11.5 Å². The molecule has 0 saturated carbocycles. The molecule has 7 heteroatoms. The summed E-state index contributed by atoms with van der Waals surface area (Å²) in [5, 5.41) is 6.94. The largest absolute Gasteiger partial charge is 0.465 e. The van der Waals surface area contributed by atoms with Crippen molar-refractivity contribution < 1.29 is 18.7 Å². The minimum Gasteiger partial charge on any atom is -0.465 e. The summed E-state index contributed by atoms with van der Waals surface area (Å²) in [4.78, 5) is 23.6. The van der Waals surface area contributed by atoms with E-state index in [9.17, 15) is 9.59 Å². The van der Waals surface area contributed by atoms with Crippen LogP contribution in [0.15, 0.2) is 82.5 Å². The Balaban J connectivity index is 1.42. The van der Waals surface area contributed by atoms with Gasteiger partial charge in [-0.25, -0.2) is 10.2 Å². The Kier molecular flexibility index (Phi) is 7.16. The third-order valence-electron chi connectivity index (χ3n) is 3.93. The molecular weight excluding hydrogens is 382 g/mol. The van der Waals surface area contributed by atoms with Crippen LogP contribution in [0.25, 0.3) is 6.08 Å². The third kappa shape index (κ3) is 6.79. The molecule has 0 saturated heterocycles. The van der Waals surface area contributed by atoms with Gasteiger partial charge < -0.3 is 14.5 Å². The summed E-state index contributed by atoms with van der Waals surface area (Å²) in [5.74, 6) is 0.184. The number of nitrogens with zero attached hydrogens (tertiary/aromatic N) is 1. The molecule has 0 aliphatic rings. The monoisotopic (exact) mass is 403 g/mol. The first-order valence-corrected chi connectivity index (χ1v) is 9.24. The van der Waals surface area contributed by atoms with Gasteiger partial charge in [0.05, 0.1) is 19.0 Å². The second kappa shape index (κ2) is 10.4. The van der Waals surface area contributed by atoms with Crippen molar-refractivity contribution in [2.75, 3.05) is 11.9 Å². The van der Waals surface area contributed by atoms with Crippen molar-refractivity contribution in [3.05, 3.63) is 89.9 Å². The highest BCUT2D eigenvalue weighted by Crippen LogP contribution is 2.12. The van der Waals surface area contributed by atoms with E-state index >= 15 is 0 Å². The molecule has 2 aromatic carbocycles. The number of esters is 1. The number of hydrogen-bond donors (Lipinski definition) is 2. The number of ether oxygens (including phenoxy) is 1. The second-order valence-corrected chi connectivity index (χ2v) is 6.35. The molecule has 0 aliphatic heterocycles. The Morgan fingerprint density at radius 3 is 2.53 bits per heavy atom. The van der Waals surface area contributed by atoms with E-state index in [1.807, 2.05) is 31.2 Å². The van der Waals surface area contributed by atoms with E-state index in [4.69, 9.17) is 9.15 Å². The molecule has 1 amide bonds. The average Bonchev–Trinajstić information content (AvgIpc) is 3.27. The van der Waals surface area contributed by atoms with Crippen LogP contribution in [-0.4, -0.2) is 24.6 Å². The number of nitrogens with one attached hydrogen (secondary N) is 2. The Hall–Kier alpha value is -4.13. The lowest BCUT2D eigenvalue weighted by Gasteiger charge is -2.05. The van der Waals surface area contributed by atoms with Crippen molar-refractivity contribution in [3.8, 4) is 5.75 Å². The first-order chi connectivity index (χ1) is 14.6. The van der Waals surface area contributed by atoms with Gasteiger partial charge in [-0.3, -0.25) is 4.79 Å². The first kappa shape index (κ1) is 20.6. The number of furan rings is 1. The molecule has 152 valence electrons. The van der Waals surface area contributed by atoms with Crippen molar-refractivity contribution >= 4 is 29.9 Å². The molecule has 3 rings (SSSR count). The van der Waals surface area contributed by atoms with Gasteiger partial charge in [0, 0.05) is 11.8 Å². The lowest BCUT2D eigenvalue weighted by Crippen LogP contribution is -2.25. The molecule has 0 unspecified atom stereocenters. The van der Waals surface area contributed by atoms with Crippen LogP contribution in [-0.2, 0) is 9.59 Å². The molecule has 0 atom stereocenters. The fourth-order valence-corrected chi connectivity index (χ4v) is 2.38. The highest BCUT2D eigenvalue weighted by Gasteiger charge is 2.02. The molecule has 7 nitrogen and oxygen atoms in total. The van der Waals surface area contributed by atoms with E-state index in [2.05, 4.69) is 15.8 Å². The molecule has 0 aliphatic carbocycles. The van der Waals surface area contributed by atoms with E-state index in [1.165, 1.54) is 24.6 Å². The number of carbonyl (C=O) groups excluding carboxylic acids is 2. The van der Waals surface area contributed by atoms with E-state index < -0.39 is 5.97 Å². The summed E-state index contributed by atoms with van der Waals surface area (Å²) in [7, 11) is 0. The van der Waals surface area contributed by atoms with Gasteiger partial charge in [0.25, 0.3) is 5.91 Å². The highest BCUT2D eigenvalue weighted by molar-refractivity contribution is 5.88.